The highest BCUT2D eigenvalue weighted by Gasteiger charge is 2.13. The second-order valence-electron chi connectivity index (χ2n) is 3.41. The maximum absolute atomic E-state index is 4.71. The van der Waals surface area contributed by atoms with Gasteiger partial charge in [0, 0.05) is 6.04 Å². The van der Waals surface area contributed by atoms with Crippen LogP contribution in [0.1, 0.15) is 32.6 Å². The fourth-order valence-electron chi connectivity index (χ4n) is 1.31. The van der Waals surface area contributed by atoms with Crippen molar-refractivity contribution >= 4 is 0 Å². The minimum absolute atomic E-state index is 0.583. The Balaban J connectivity index is 0.000000128. The fourth-order valence-corrected chi connectivity index (χ4v) is 1.31. The molecule has 0 amide bonds. The van der Waals surface area contributed by atoms with Crippen LogP contribution in [0.2, 0.25) is 0 Å². The highest BCUT2D eigenvalue weighted by Crippen LogP contribution is 2.16. The van der Waals surface area contributed by atoms with Gasteiger partial charge < -0.3 is 10.1 Å². The summed E-state index contributed by atoms with van der Waals surface area (Å²) < 4.78 is 4.71. The van der Waals surface area contributed by atoms with Crippen LogP contribution in [0.3, 0.4) is 0 Å². The number of epoxide rings is 1. The van der Waals surface area contributed by atoms with Crippen LogP contribution in [0.25, 0.3) is 0 Å². The Morgan fingerprint density at radius 2 is 1.73 bits per heavy atom. The monoisotopic (exact) mass is 157 g/mol. The van der Waals surface area contributed by atoms with E-state index in [0.717, 1.165) is 12.6 Å². The molecule has 1 saturated heterocycles. The standard InChI is InChI=1S/C6H13N.C3H6O/c1-7-6-4-2-3-5-6;1-3-2-4-3/h6-7H,2-5H2,1H3;3H,2H2,1H3. The van der Waals surface area contributed by atoms with Gasteiger partial charge in [-0.25, -0.2) is 0 Å². The van der Waals surface area contributed by atoms with Gasteiger partial charge in [0.25, 0.3) is 0 Å². The number of ether oxygens (including phenoxy) is 1. The molecular weight excluding hydrogens is 138 g/mol. The summed E-state index contributed by atoms with van der Waals surface area (Å²) in [6.07, 6.45) is 6.25. The first-order chi connectivity index (χ1) is 5.33. The summed E-state index contributed by atoms with van der Waals surface area (Å²) in [6.45, 7) is 3.04. The Labute approximate surface area is 69.3 Å². The molecule has 2 nitrogen and oxygen atoms in total. The summed E-state index contributed by atoms with van der Waals surface area (Å²) in [7, 11) is 2.05. The fraction of sp³-hybridized carbons (Fsp3) is 1.00. The predicted molar refractivity (Wildman–Crippen MR) is 46.7 cm³/mol. The quantitative estimate of drug-likeness (QED) is 0.584. The maximum atomic E-state index is 4.71. The summed E-state index contributed by atoms with van der Waals surface area (Å²) in [4.78, 5) is 0. The van der Waals surface area contributed by atoms with Crippen LogP contribution in [-0.2, 0) is 4.74 Å². The zero-order chi connectivity index (χ0) is 8.10. The van der Waals surface area contributed by atoms with Gasteiger partial charge in [-0.2, -0.15) is 0 Å². The molecule has 66 valence electrons. The minimum atomic E-state index is 0.583. The second-order valence-corrected chi connectivity index (χ2v) is 3.41. The van der Waals surface area contributed by atoms with Crippen molar-refractivity contribution in [1.82, 2.24) is 5.32 Å². The van der Waals surface area contributed by atoms with Crippen molar-refractivity contribution < 1.29 is 4.74 Å². The summed E-state index contributed by atoms with van der Waals surface area (Å²) >= 11 is 0. The molecule has 2 rings (SSSR count). The van der Waals surface area contributed by atoms with Gasteiger partial charge in [0.05, 0.1) is 12.7 Å². The second kappa shape index (κ2) is 4.73. The molecular formula is C9H19NO. The summed E-state index contributed by atoms with van der Waals surface area (Å²) in [5, 5.41) is 3.26. The molecule has 2 aliphatic rings. The Morgan fingerprint density at radius 1 is 1.27 bits per heavy atom. The predicted octanol–water partition coefficient (Wildman–Crippen LogP) is 1.55. The molecule has 1 aliphatic heterocycles. The molecule has 1 unspecified atom stereocenters. The van der Waals surface area contributed by atoms with E-state index in [1.165, 1.54) is 25.7 Å². The molecule has 1 atom stereocenters. The van der Waals surface area contributed by atoms with Crippen LogP contribution in [0, 0.1) is 0 Å². The van der Waals surface area contributed by atoms with E-state index >= 15 is 0 Å². The first-order valence-electron chi connectivity index (χ1n) is 4.62. The van der Waals surface area contributed by atoms with Crippen LogP contribution in [0.15, 0.2) is 0 Å². The van der Waals surface area contributed by atoms with Crippen molar-refractivity contribution in [3.05, 3.63) is 0 Å². The van der Waals surface area contributed by atoms with Crippen LogP contribution in [0.5, 0.6) is 0 Å². The van der Waals surface area contributed by atoms with Crippen molar-refractivity contribution in [2.45, 2.75) is 44.8 Å². The first kappa shape index (κ1) is 9.01. The SMILES string of the molecule is CC1CO1.CNC1CCCC1. The van der Waals surface area contributed by atoms with E-state index in [9.17, 15) is 0 Å². The summed E-state index contributed by atoms with van der Waals surface area (Å²) in [5.74, 6) is 0. The average molecular weight is 157 g/mol. The molecule has 1 saturated carbocycles. The summed E-state index contributed by atoms with van der Waals surface area (Å²) in [5.41, 5.74) is 0. The minimum Gasteiger partial charge on any atom is -0.373 e. The van der Waals surface area contributed by atoms with Crippen LogP contribution in [-0.4, -0.2) is 25.8 Å². The highest BCUT2D eigenvalue weighted by atomic mass is 16.6. The zero-order valence-corrected chi connectivity index (χ0v) is 7.60. The molecule has 2 fully saturated rings. The molecule has 0 bridgehead atoms. The van der Waals surface area contributed by atoms with Crippen molar-refractivity contribution in [2.24, 2.45) is 0 Å². The zero-order valence-electron chi connectivity index (χ0n) is 7.60. The lowest BCUT2D eigenvalue weighted by Gasteiger charge is -2.03. The smallest absolute Gasteiger partial charge is 0.0781 e. The van der Waals surface area contributed by atoms with Gasteiger partial charge in [0.2, 0.25) is 0 Å². The normalized spacial score (nSPS) is 29.5. The summed E-state index contributed by atoms with van der Waals surface area (Å²) in [6, 6.07) is 0.847. The number of rotatable bonds is 1. The largest absolute Gasteiger partial charge is 0.373 e. The van der Waals surface area contributed by atoms with E-state index in [4.69, 9.17) is 4.74 Å². The molecule has 0 radical (unpaired) electrons. The molecule has 1 aliphatic carbocycles. The van der Waals surface area contributed by atoms with Crippen LogP contribution in [0.4, 0.5) is 0 Å². The lowest BCUT2D eigenvalue weighted by molar-refractivity contribution is 0.423. The molecule has 0 aromatic rings. The third-order valence-corrected chi connectivity index (χ3v) is 2.26. The van der Waals surface area contributed by atoms with E-state index in [1.807, 2.05) is 0 Å². The van der Waals surface area contributed by atoms with E-state index in [2.05, 4.69) is 19.3 Å². The Bertz CT molecular complexity index is 95.7. The van der Waals surface area contributed by atoms with Gasteiger partial charge in [0.15, 0.2) is 0 Å². The Hall–Kier alpha value is -0.0800. The van der Waals surface area contributed by atoms with E-state index < -0.39 is 0 Å². The topological polar surface area (TPSA) is 24.6 Å². The van der Waals surface area contributed by atoms with Crippen molar-refractivity contribution in [2.75, 3.05) is 13.7 Å². The van der Waals surface area contributed by atoms with Gasteiger partial charge >= 0.3 is 0 Å². The Kier molecular flexibility index (Phi) is 3.87. The number of hydrogen-bond donors (Lipinski definition) is 1. The van der Waals surface area contributed by atoms with Gasteiger partial charge in [-0.1, -0.05) is 12.8 Å². The van der Waals surface area contributed by atoms with Crippen molar-refractivity contribution in [3.8, 4) is 0 Å². The van der Waals surface area contributed by atoms with Crippen LogP contribution >= 0.6 is 0 Å². The first-order valence-corrected chi connectivity index (χ1v) is 4.62. The lowest BCUT2D eigenvalue weighted by Crippen LogP contribution is -2.20. The van der Waals surface area contributed by atoms with Crippen molar-refractivity contribution in [1.29, 1.82) is 0 Å². The maximum Gasteiger partial charge on any atom is 0.0781 e. The number of hydrogen-bond acceptors (Lipinski definition) is 2. The van der Waals surface area contributed by atoms with Gasteiger partial charge in [-0.3, -0.25) is 0 Å². The van der Waals surface area contributed by atoms with Gasteiger partial charge in [-0.05, 0) is 26.8 Å². The molecule has 1 N–H and O–H groups in total. The molecule has 0 aromatic heterocycles. The highest BCUT2D eigenvalue weighted by molar-refractivity contribution is 4.70. The molecule has 0 spiro atoms. The van der Waals surface area contributed by atoms with E-state index in [-0.39, 0.29) is 0 Å². The average Bonchev–Trinajstić information content (AvgIpc) is 2.66. The van der Waals surface area contributed by atoms with E-state index in [0.29, 0.717) is 6.10 Å². The van der Waals surface area contributed by atoms with E-state index in [1.54, 1.807) is 0 Å². The molecule has 2 heteroatoms. The Morgan fingerprint density at radius 3 is 1.91 bits per heavy atom. The van der Waals surface area contributed by atoms with Crippen molar-refractivity contribution in [3.63, 3.8) is 0 Å². The van der Waals surface area contributed by atoms with Gasteiger partial charge in [0.1, 0.15) is 0 Å². The third kappa shape index (κ3) is 4.38. The van der Waals surface area contributed by atoms with Gasteiger partial charge in [-0.15, -0.1) is 0 Å². The van der Waals surface area contributed by atoms with Crippen LogP contribution < -0.4 is 5.32 Å². The lowest BCUT2D eigenvalue weighted by atomic mass is 10.3. The molecule has 0 aromatic carbocycles. The third-order valence-electron chi connectivity index (χ3n) is 2.26. The molecule has 11 heavy (non-hydrogen) atoms. The number of nitrogens with one attached hydrogen (secondary N) is 1. The molecule has 1 heterocycles.